The molecule has 0 aromatic heterocycles. The third-order valence-electron chi connectivity index (χ3n) is 2.93. The van der Waals surface area contributed by atoms with Gasteiger partial charge in [-0.3, -0.25) is 8.98 Å². The van der Waals surface area contributed by atoms with Gasteiger partial charge in [0.25, 0.3) is 0 Å². The Balaban J connectivity index is 2.82. The lowest BCUT2D eigenvalue weighted by molar-refractivity contribution is -0.126. The summed E-state index contributed by atoms with van der Waals surface area (Å²) in [7, 11) is 1.23. The van der Waals surface area contributed by atoms with E-state index in [0.717, 1.165) is 12.0 Å². The number of alkyl halides is 1. The fraction of sp³-hybridized carbons (Fsp3) is 0.700. The predicted octanol–water partition coefficient (Wildman–Crippen LogP) is 3.92. The number of Topliss-reactive ketones (excluding diaryl/α,β-unsaturated/α-hetero) is 1. The predicted molar refractivity (Wildman–Crippen MR) is 73.3 cm³/mol. The van der Waals surface area contributed by atoms with E-state index in [0.29, 0.717) is 6.42 Å². The van der Waals surface area contributed by atoms with Crippen LogP contribution in [0.1, 0.15) is 26.7 Å². The van der Waals surface area contributed by atoms with Gasteiger partial charge in [0.1, 0.15) is 4.87 Å². The van der Waals surface area contributed by atoms with Crippen molar-refractivity contribution in [1.82, 2.24) is 0 Å². The Morgan fingerprint density at radius 3 is 2.87 bits per heavy atom. The summed E-state index contributed by atoms with van der Waals surface area (Å²) in [4.78, 5) is 11.0. The lowest BCUT2D eigenvalue weighted by atomic mass is 9.76. The van der Waals surface area contributed by atoms with Gasteiger partial charge in [0.15, 0.2) is 5.78 Å². The highest BCUT2D eigenvalue weighted by Gasteiger charge is 2.46. The van der Waals surface area contributed by atoms with Gasteiger partial charge in [0, 0.05) is 27.6 Å². The molecule has 86 valence electrons. The number of ketones is 1. The quantitative estimate of drug-likeness (QED) is 0.330. The molecule has 5 heteroatoms. The zero-order valence-electron chi connectivity index (χ0n) is 8.76. The van der Waals surface area contributed by atoms with Gasteiger partial charge < -0.3 is 0 Å². The monoisotopic (exact) mass is 360 g/mol. The van der Waals surface area contributed by atoms with Crippen molar-refractivity contribution >= 4 is 47.8 Å². The molecule has 2 nitrogen and oxygen atoms in total. The van der Waals surface area contributed by atoms with Gasteiger partial charge in [-0.1, -0.05) is 12.2 Å². The van der Waals surface area contributed by atoms with Crippen LogP contribution in [0.15, 0.2) is 12.2 Å². The molecule has 15 heavy (non-hydrogen) atoms. The molecule has 0 amide bonds. The van der Waals surface area contributed by atoms with Crippen molar-refractivity contribution in [2.24, 2.45) is 5.92 Å². The molecule has 0 aromatic carbocycles. The summed E-state index contributed by atoms with van der Waals surface area (Å²) >= 11 is 8.26. The summed E-state index contributed by atoms with van der Waals surface area (Å²) in [5.74, 6) is 0.261. The summed E-state index contributed by atoms with van der Waals surface area (Å²) in [6.07, 6.45) is 1.03. The number of hydrogen-bond donors (Lipinski definition) is 0. The molecule has 1 fully saturated rings. The molecule has 0 heterocycles. The van der Waals surface area contributed by atoms with E-state index in [1.165, 1.54) is 9.21 Å². The Hall–Kier alpha value is 0.740. The zero-order valence-corrected chi connectivity index (χ0v) is 12.5. The summed E-state index contributed by atoms with van der Waals surface area (Å²) < 4.78 is 5.46. The Labute approximate surface area is 112 Å². The van der Waals surface area contributed by atoms with Crippen LogP contribution < -0.4 is 0 Å². The van der Waals surface area contributed by atoms with Crippen LogP contribution in [0.25, 0.3) is 0 Å². The number of allylic oxidation sites excluding steroid dienone is 1. The minimum absolute atomic E-state index is 0.0545. The van der Waals surface area contributed by atoms with Gasteiger partial charge in [0.05, 0.1) is 15.3 Å². The topological polar surface area (TPSA) is 26.3 Å². The molecule has 0 N–H and O–H groups in total. The molecule has 3 atom stereocenters. The molecule has 0 spiro atoms. The van der Waals surface area contributed by atoms with Crippen molar-refractivity contribution in [2.45, 2.75) is 37.7 Å². The van der Waals surface area contributed by atoms with Gasteiger partial charge in [-0.25, -0.2) is 0 Å². The number of carbonyl (C=O) groups is 1. The largest absolute Gasteiger partial charge is 0.300 e. The maximum absolute atomic E-state index is 11.9. The SMILES string of the molecule is C=C(C)[C@@H]1CC(=O)[C@](C)(Cl)[C@@H](OSI)C1. The minimum atomic E-state index is -0.885. The first-order chi connectivity index (χ1) is 6.89. The van der Waals surface area contributed by atoms with Crippen molar-refractivity contribution in [3.05, 3.63) is 12.2 Å². The molecule has 1 rings (SSSR count). The van der Waals surface area contributed by atoms with E-state index in [4.69, 9.17) is 15.8 Å². The lowest BCUT2D eigenvalue weighted by Gasteiger charge is -2.37. The third-order valence-corrected chi connectivity index (χ3v) is 4.31. The Kier molecular flexibility index (Phi) is 4.95. The second kappa shape index (κ2) is 5.38. The summed E-state index contributed by atoms with van der Waals surface area (Å²) in [6, 6.07) is 0. The maximum atomic E-state index is 11.9. The highest BCUT2D eigenvalue weighted by Crippen LogP contribution is 2.40. The van der Waals surface area contributed by atoms with E-state index in [9.17, 15) is 4.79 Å². The third kappa shape index (κ3) is 3.11. The fourth-order valence-electron chi connectivity index (χ4n) is 1.71. The van der Waals surface area contributed by atoms with E-state index in [1.807, 2.05) is 28.1 Å². The average Bonchev–Trinajstić information content (AvgIpc) is 2.13. The number of hydrogen-bond acceptors (Lipinski definition) is 3. The average molecular weight is 361 g/mol. The van der Waals surface area contributed by atoms with Gasteiger partial charge in [-0.05, 0) is 26.2 Å². The van der Waals surface area contributed by atoms with Gasteiger partial charge in [-0.2, -0.15) is 0 Å². The molecule has 0 aromatic rings. The minimum Gasteiger partial charge on any atom is -0.300 e. The van der Waals surface area contributed by atoms with Crippen LogP contribution in [0.2, 0.25) is 0 Å². The lowest BCUT2D eigenvalue weighted by Crippen LogP contribution is -2.48. The number of rotatable bonds is 3. The van der Waals surface area contributed by atoms with Crippen LogP contribution in [0.5, 0.6) is 0 Å². The molecule has 0 bridgehead atoms. The van der Waals surface area contributed by atoms with Crippen LogP contribution in [0.3, 0.4) is 0 Å². The van der Waals surface area contributed by atoms with E-state index in [-0.39, 0.29) is 17.8 Å². The van der Waals surface area contributed by atoms with E-state index < -0.39 is 4.87 Å². The molecule has 1 saturated carbocycles. The Bertz CT molecular complexity index is 281. The molecular formula is C10H14ClIO2S. The van der Waals surface area contributed by atoms with Crippen LogP contribution in [0.4, 0.5) is 0 Å². The first-order valence-corrected chi connectivity index (χ1v) is 8.37. The van der Waals surface area contributed by atoms with Crippen molar-refractivity contribution < 1.29 is 8.98 Å². The first-order valence-electron chi connectivity index (χ1n) is 4.71. The molecule has 0 unspecified atom stereocenters. The van der Waals surface area contributed by atoms with Gasteiger partial charge in [-0.15, -0.1) is 11.6 Å². The molecule has 0 aliphatic heterocycles. The standard InChI is InChI=1S/C10H14ClIO2S/c1-6(2)7-4-8(13)10(3,11)9(5-7)14-15-12/h7,9H,1,4-5H2,2-3H3/t7-,9+,10+/m1/s1. The molecule has 1 aliphatic carbocycles. The molecular weight excluding hydrogens is 347 g/mol. The fourth-order valence-corrected chi connectivity index (χ4v) is 3.09. The van der Waals surface area contributed by atoms with Crippen LogP contribution >= 0.6 is 42.0 Å². The van der Waals surface area contributed by atoms with E-state index in [2.05, 4.69) is 6.58 Å². The Morgan fingerprint density at radius 1 is 1.80 bits per heavy atom. The molecule has 0 radical (unpaired) electrons. The van der Waals surface area contributed by atoms with Crippen molar-refractivity contribution in [2.75, 3.05) is 0 Å². The van der Waals surface area contributed by atoms with Crippen molar-refractivity contribution in [3.63, 3.8) is 0 Å². The second-order valence-corrected chi connectivity index (χ2v) is 6.31. The summed E-state index contributed by atoms with van der Waals surface area (Å²) in [6.45, 7) is 7.58. The first kappa shape index (κ1) is 13.8. The van der Waals surface area contributed by atoms with Crippen LogP contribution in [-0.4, -0.2) is 16.8 Å². The van der Waals surface area contributed by atoms with E-state index in [1.54, 1.807) is 6.92 Å². The highest BCUT2D eigenvalue weighted by atomic mass is 127. The number of halogens is 2. The second-order valence-electron chi connectivity index (χ2n) is 4.13. The normalized spacial score (nSPS) is 36.7. The smallest absolute Gasteiger partial charge is 0.156 e. The maximum Gasteiger partial charge on any atom is 0.156 e. The van der Waals surface area contributed by atoms with Crippen molar-refractivity contribution in [3.8, 4) is 0 Å². The van der Waals surface area contributed by atoms with Crippen molar-refractivity contribution in [1.29, 1.82) is 0 Å². The van der Waals surface area contributed by atoms with Gasteiger partial charge >= 0.3 is 0 Å². The molecule has 0 saturated heterocycles. The van der Waals surface area contributed by atoms with Crippen LogP contribution in [-0.2, 0) is 8.98 Å². The summed E-state index contributed by atoms with van der Waals surface area (Å²) in [5, 5.41) is 0. The van der Waals surface area contributed by atoms with E-state index >= 15 is 0 Å². The molecule has 1 aliphatic rings. The van der Waals surface area contributed by atoms with Gasteiger partial charge in [0.2, 0.25) is 0 Å². The Morgan fingerprint density at radius 2 is 2.40 bits per heavy atom. The zero-order chi connectivity index (χ0) is 11.6. The summed E-state index contributed by atoms with van der Waals surface area (Å²) in [5.41, 5.74) is 1.03. The highest BCUT2D eigenvalue weighted by molar-refractivity contribution is 14.2. The number of carbonyl (C=O) groups excluding carboxylic acids is 1. The van der Waals surface area contributed by atoms with Crippen LogP contribution in [0, 0.1) is 5.92 Å².